The van der Waals surface area contributed by atoms with Crippen LogP contribution >= 0.6 is 0 Å². The van der Waals surface area contributed by atoms with Gasteiger partial charge in [-0.3, -0.25) is 0 Å². The molecule has 10 aromatic carbocycles. The molecule has 1 spiro atoms. The molecule has 2 aromatic heterocycles. The predicted octanol–water partition coefficient (Wildman–Crippen LogP) is 19.9. The van der Waals surface area contributed by atoms with E-state index in [9.17, 15) is 0 Å². The van der Waals surface area contributed by atoms with Gasteiger partial charge in [0.05, 0.1) is 21.9 Å². The van der Waals surface area contributed by atoms with E-state index in [4.69, 9.17) is 9.40 Å². The largest absolute Gasteiger partial charge is 0.437 e. The molecule has 0 bridgehead atoms. The second-order valence-electron chi connectivity index (χ2n) is 23.5. The third-order valence-corrected chi connectivity index (χ3v) is 16.8. The van der Waals surface area contributed by atoms with Crippen LogP contribution in [0.15, 0.2) is 253 Å². The molecule has 14 rings (SSSR count). The number of fused-ring (bicyclic) bond motifs is 14. The average Bonchev–Trinajstić information content (AvgIpc) is 4.26. The number of furan rings is 1. The molecule has 2 heterocycles. The summed E-state index contributed by atoms with van der Waals surface area (Å²) in [5, 5.41) is 2.01. The van der Waals surface area contributed by atoms with E-state index in [0.717, 1.165) is 39.0 Å². The molecule has 3 nitrogen and oxygen atoms in total. The zero-order chi connectivity index (χ0) is 52.9. The van der Waals surface area contributed by atoms with Gasteiger partial charge in [0.25, 0.3) is 0 Å². The Balaban J connectivity index is 1.06. The zero-order valence-corrected chi connectivity index (χ0v) is 45.1. The molecule has 0 N–H and O–H groups in total. The van der Waals surface area contributed by atoms with Crippen LogP contribution in [-0.2, 0) is 16.2 Å². The van der Waals surface area contributed by atoms with Gasteiger partial charge < -0.3 is 9.32 Å². The van der Waals surface area contributed by atoms with Crippen LogP contribution in [0.3, 0.4) is 0 Å². The number of rotatable bonds is 8. The van der Waals surface area contributed by atoms with Crippen LogP contribution in [0, 0.1) is 0 Å². The number of benzene rings is 10. The van der Waals surface area contributed by atoms with E-state index in [0.29, 0.717) is 5.71 Å². The van der Waals surface area contributed by atoms with Gasteiger partial charge in [0.2, 0.25) is 5.71 Å². The Morgan fingerprint density at radius 2 is 0.885 bits per heavy atom. The Kier molecular flexibility index (Phi) is 11.0. The maximum Gasteiger partial charge on any atom is 0.227 e. The highest BCUT2D eigenvalue weighted by Gasteiger charge is 2.53. The number of hydrogen-bond acceptors (Lipinski definition) is 3. The fourth-order valence-corrected chi connectivity index (χ4v) is 13.0. The lowest BCUT2D eigenvalue weighted by Gasteiger charge is -2.33. The minimum Gasteiger partial charge on any atom is -0.437 e. The van der Waals surface area contributed by atoms with Crippen LogP contribution in [0.25, 0.3) is 66.6 Å². The molecule has 2 aliphatic rings. The van der Waals surface area contributed by atoms with Crippen molar-refractivity contribution >= 4 is 39.1 Å². The molecule has 0 radical (unpaired) electrons. The van der Waals surface area contributed by atoms with E-state index >= 15 is 0 Å². The van der Waals surface area contributed by atoms with Crippen molar-refractivity contribution in [1.82, 2.24) is 4.98 Å². The van der Waals surface area contributed by atoms with Crippen molar-refractivity contribution in [3.05, 3.63) is 299 Å². The molecular formula is C75H60N2O. The summed E-state index contributed by atoms with van der Waals surface area (Å²) in [5.41, 5.74) is 24.8. The normalized spacial score (nSPS) is 13.6. The van der Waals surface area contributed by atoms with Crippen LogP contribution < -0.4 is 4.90 Å². The van der Waals surface area contributed by atoms with Gasteiger partial charge in [-0.1, -0.05) is 242 Å². The van der Waals surface area contributed by atoms with E-state index in [1.807, 2.05) is 12.3 Å². The van der Waals surface area contributed by atoms with E-state index in [2.05, 4.69) is 283 Å². The Labute approximate surface area is 458 Å². The molecule has 0 fully saturated rings. The first-order chi connectivity index (χ1) is 37.9. The van der Waals surface area contributed by atoms with Crippen LogP contribution in [0.2, 0.25) is 0 Å². The molecule has 3 heteroatoms. The Morgan fingerprint density at radius 3 is 1.45 bits per heavy atom. The molecule has 376 valence electrons. The van der Waals surface area contributed by atoms with Crippen molar-refractivity contribution in [2.24, 2.45) is 0 Å². The number of anilines is 3. The second kappa shape index (κ2) is 18.0. The zero-order valence-electron chi connectivity index (χ0n) is 45.1. The van der Waals surface area contributed by atoms with Gasteiger partial charge in [-0.15, -0.1) is 0 Å². The quantitative estimate of drug-likeness (QED) is 0.142. The van der Waals surface area contributed by atoms with E-state index in [1.54, 1.807) is 0 Å². The first kappa shape index (κ1) is 47.4. The SMILES string of the molecule is CC(C)(C)c1ccc(C(c2ccc(-c3ccccc3)cc2)c2ccc3c(c2)C2(c4ccccc4-c4ccccc42)c2cc(N(c4ccc(-c5ccccc5)cc4)c4ccc(C(C)(C)C)cc4)c4c(oc5ncccc54)c2-3)cc1. The number of aromatic nitrogens is 1. The van der Waals surface area contributed by atoms with Gasteiger partial charge in [0, 0.05) is 29.1 Å². The van der Waals surface area contributed by atoms with Gasteiger partial charge >= 0.3 is 0 Å². The summed E-state index contributed by atoms with van der Waals surface area (Å²) >= 11 is 0. The van der Waals surface area contributed by atoms with Crippen LogP contribution in [0.5, 0.6) is 0 Å². The first-order valence-electron chi connectivity index (χ1n) is 27.5. The van der Waals surface area contributed by atoms with Crippen LogP contribution in [0.4, 0.5) is 17.1 Å². The highest BCUT2D eigenvalue weighted by Crippen LogP contribution is 2.66. The summed E-state index contributed by atoms with van der Waals surface area (Å²) in [6.45, 7) is 13.7. The van der Waals surface area contributed by atoms with Gasteiger partial charge in [0.1, 0.15) is 5.58 Å². The molecular weight excluding hydrogens is 945 g/mol. The maximum absolute atomic E-state index is 7.30. The average molecular weight is 1010 g/mol. The minimum atomic E-state index is -0.708. The van der Waals surface area contributed by atoms with E-state index < -0.39 is 5.41 Å². The lowest BCUT2D eigenvalue weighted by molar-refractivity contribution is 0.590. The van der Waals surface area contributed by atoms with Crippen molar-refractivity contribution < 1.29 is 4.42 Å². The first-order valence-corrected chi connectivity index (χ1v) is 27.5. The second-order valence-corrected chi connectivity index (χ2v) is 23.5. The molecule has 0 amide bonds. The summed E-state index contributed by atoms with van der Waals surface area (Å²) < 4.78 is 7.30. The maximum atomic E-state index is 7.30. The highest BCUT2D eigenvalue weighted by molar-refractivity contribution is 6.19. The summed E-state index contributed by atoms with van der Waals surface area (Å²) in [5.74, 6) is -0.0572. The van der Waals surface area contributed by atoms with Gasteiger partial charge in [-0.2, -0.15) is 0 Å². The highest BCUT2D eigenvalue weighted by atomic mass is 16.3. The molecule has 0 saturated carbocycles. The summed E-state index contributed by atoms with van der Waals surface area (Å²) in [6, 6.07) is 90.6. The Bertz CT molecular complexity index is 4190. The molecule has 78 heavy (non-hydrogen) atoms. The van der Waals surface area contributed by atoms with Gasteiger partial charge in [-0.05, 0) is 142 Å². The van der Waals surface area contributed by atoms with Crippen molar-refractivity contribution in [3.63, 3.8) is 0 Å². The molecule has 12 aromatic rings. The molecule has 1 unspecified atom stereocenters. The van der Waals surface area contributed by atoms with Crippen molar-refractivity contribution in [2.45, 2.75) is 63.7 Å². The third-order valence-electron chi connectivity index (χ3n) is 16.8. The molecule has 2 aliphatic carbocycles. The Morgan fingerprint density at radius 1 is 0.410 bits per heavy atom. The third kappa shape index (κ3) is 7.51. The summed E-state index contributed by atoms with van der Waals surface area (Å²) in [4.78, 5) is 7.41. The van der Waals surface area contributed by atoms with Crippen molar-refractivity contribution in [3.8, 4) is 44.5 Å². The molecule has 0 aliphatic heterocycles. The number of hydrogen-bond donors (Lipinski definition) is 0. The molecule has 1 atom stereocenters. The van der Waals surface area contributed by atoms with Gasteiger partial charge in [-0.25, -0.2) is 4.98 Å². The van der Waals surface area contributed by atoms with Crippen LogP contribution in [-0.4, -0.2) is 4.98 Å². The van der Waals surface area contributed by atoms with E-state index in [-0.39, 0.29) is 16.7 Å². The predicted molar refractivity (Wildman–Crippen MR) is 325 cm³/mol. The fraction of sp³-hybridized carbons (Fsp3) is 0.133. The smallest absolute Gasteiger partial charge is 0.227 e. The minimum absolute atomic E-state index is 0.0191. The Hall–Kier alpha value is -9.05. The fourth-order valence-electron chi connectivity index (χ4n) is 13.0. The summed E-state index contributed by atoms with van der Waals surface area (Å²) in [7, 11) is 0. The topological polar surface area (TPSA) is 29.3 Å². The van der Waals surface area contributed by atoms with Crippen molar-refractivity contribution in [2.75, 3.05) is 4.90 Å². The standard InChI is InChI=1S/C75H60N2O/c1-73(2,3)55-36-31-53(32-37-55)68(52-29-27-50(28-30-52)48-18-9-7-10-19-48)54-35-44-61-65(46-54)75(63-25-15-13-22-59(63)60-23-14-16-26-64(60)75)66-47-67(70-62-24-17-45-76-72(62)78-71(70)69(61)66)77(58-42-38-56(39-43-58)74(4,5)6)57-40-33-51(34-41-57)49-20-11-8-12-21-49/h7-47,68H,1-6H3. The van der Waals surface area contributed by atoms with E-state index in [1.165, 1.54) is 89.0 Å². The molecule has 0 saturated heterocycles. The lowest BCUT2D eigenvalue weighted by Crippen LogP contribution is -2.26. The van der Waals surface area contributed by atoms with Gasteiger partial charge in [0.15, 0.2) is 0 Å². The summed E-state index contributed by atoms with van der Waals surface area (Å²) in [6.07, 6.45) is 1.85. The lowest BCUT2D eigenvalue weighted by atomic mass is 9.69. The van der Waals surface area contributed by atoms with Crippen molar-refractivity contribution in [1.29, 1.82) is 0 Å². The number of nitrogens with zero attached hydrogens (tertiary/aromatic N) is 2. The van der Waals surface area contributed by atoms with Crippen LogP contribution in [0.1, 0.15) is 97.5 Å². The number of pyridine rings is 1. The monoisotopic (exact) mass is 1000 g/mol.